The molecule has 1 aliphatic rings. The molecule has 0 radical (unpaired) electrons. The third-order valence-electron chi connectivity index (χ3n) is 2.29. The highest BCUT2D eigenvalue weighted by Gasteiger charge is 2.16. The molecule has 1 aliphatic heterocycles. The summed E-state index contributed by atoms with van der Waals surface area (Å²) in [5.74, 6) is 0. The Balaban J connectivity index is 2.05. The minimum atomic E-state index is 0.539. The van der Waals surface area contributed by atoms with E-state index in [4.69, 9.17) is 4.42 Å². The first-order valence-corrected chi connectivity index (χ1v) is 4.53. The molecule has 0 spiro atoms. The second-order valence-corrected chi connectivity index (χ2v) is 3.42. The van der Waals surface area contributed by atoms with E-state index in [-0.39, 0.29) is 0 Å². The van der Waals surface area contributed by atoms with Crippen LogP contribution in [0, 0.1) is 6.92 Å². The Morgan fingerprint density at radius 3 is 3.14 bits per heavy atom. The fourth-order valence-corrected chi connectivity index (χ4v) is 1.60. The van der Waals surface area contributed by atoms with Crippen molar-refractivity contribution in [3.63, 3.8) is 0 Å². The Labute approximate surface area is 80.7 Å². The van der Waals surface area contributed by atoms with E-state index in [0.717, 1.165) is 24.5 Å². The molecule has 5 heteroatoms. The lowest BCUT2D eigenvalue weighted by Gasteiger charge is -1.93. The predicted octanol–water partition coefficient (Wildman–Crippen LogP) is 0.772. The highest BCUT2D eigenvalue weighted by molar-refractivity contribution is 5.24. The molecule has 72 valence electrons. The minimum Gasteiger partial charge on any atom is -0.430 e. The summed E-state index contributed by atoms with van der Waals surface area (Å²) in [5.41, 5.74) is 3.18. The minimum absolute atomic E-state index is 0.539. The van der Waals surface area contributed by atoms with Crippen molar-refractivity contribution in [2.75, 3.05) is 0 Å². The van der Waals surface area contributed by atoms with Gasteiger partial charge in [-0.1, -0.05) is 0 Å². The first-order chi connectivity index (χ1) is 6.83. The van der Waals surface area contributed by atoms with Crippen LogP contribution < -0.4 is 5.32 Å². The van der Waals surface area contributed by atoms with Crippen LogP contribution in [0.25, 0.3) is 6.01 Å². The summed E-state index contributed by atoms with van der Waals surface area (Å²) in [4.78, 5) is 4.21. The molecule has 5 nitrogen and oxygen atoms in total. The lowest BCUT2D eigenvalue weighted by atomic mass is 10.3. The topological polar surface area (TPSA) is 55.9 Å². The number of rotatable bonds is 1. The van der Waals surface area contributed by atoms with Crippen molar-refractivity contribution >= 4 is 0 Å². The molecule has 0 bridgehead atoms. The van der Waals surface area contributed by atoms with Crippen LogP contribution in [0.1, 0.15) is 17.0 Å². The van der Waals surface area contributed by atoms with Gasteiger partial charge in [-0.2, -0.15) is 14.8 Å². The van der Waals surface area contributed by atoms with Crippen LogP contribution in [0.4, 0.5) is 0 Å². The van der Waals surface area contributed by atoms with E-state index in [9.17, 15) is 0 Å². The Morgan fingerprint density at radius 2 is 2.43 bits per heavy atom. The molecule has 0 aliphatic carbocycles. The standard InChI is InChI=1S/C9H10N4O/c1-6-5-14-9(11-6)13-4-7-2-10-3-8(7)12-13/h4-5,10H,2-3H2,1H3. The highest BCUT2D eigenvalue weighted by atomic mass is 16.4. The summed E-state index contributed by atoms with van der Waals surface area (Å²) in [6.07, 6.45) is 3.58. The van der Waals surface area contributed by atoms with Crippen LogP contribution in [0.2, 0.25) is 0 Å². The number of aromatic nitrogens is 3. The van der Waals surface area contributed by atoms with Gasteiger partial charge in [0.2, 0.25) is 0 Å². The number of nitrogens with zero attached hydrogens (tertiary/aromatic N) is 3. The lowest BCUT2D eigenvalue weighted by molar-refractivity contribution is 0.506. The van der Waals surface area contributed by atoms with Gasteiger partial charge in [-0.25, -0.2) is 0 Å². The number of hydrogen-bond donors (Lipinski definition) is 1. The quantitative estimate of drug-likeness (QED) is 0.721. The van der Waals surface area contributed by atoms with Gasteiger partial charge in [0.15, 0.2) is 0 Å². The van der Waals surface area contributed by atoms with Crippen LogP contribution in [-0.4, -0.2) is 14.8 Å². The average molecular weight is 190 g/mol. The third-order valence-corrected chi connectivity index (χ3v) is 2.29. The van der Waals surface area contributed by atoms with Gasteiger partial charge in [-0.3, -0.25) is 0 Å². The molecular formula is C9H10N4O. The normalized spacial score (nSPS) is 14.6. The Morgan fingerprint density at radius 1 is 1.50 bits per heavy atom. The van der Waals surface area contributed by atoms with Crippen molar-refractivity contribution in [2.24, 2.45) is 0 Å². The van der Waals surface area contributed by atoms with E-state index < -0.39 is 0 Å². The molecule has 1 N–H and O–H groups in total. The molecule has 0 saturated carbocycles. The smallest absolute Gasteiger partial charge is 0.322 e. The van der Waals surface area contributed by atoms with E-state index >= 15 is 0 Å². The molecular weight excluding hydrogens is 180 g/mol. The lowest BCUT2D eigenvalue weighted by Crippen LogP contribution is -2.05. The third kappa shape index (κ3) is 1.06. The number of hydrogen-bond acceptors (Lipinski definition) is 4. The van der Waals surface area contributed by atoms with Crippen molar-refractivity contribution in [1.82, 2.24) is 20.1 Å². The summed E-state index contributed by atoms with van der Waals surface area (Å²) < 4.78 is 6.95. The van der Waals surface area contributed by atoms with Gasteiger partial charge in [-0.05, 0) is 6.92 Å². The molecule has 0 unspecified atom stereocenters. The van der Waals surface area contributed by atoms with Crippen molar-refractivity contribution in [2.45, 2.75) is 20.0 Å². The molecule has 2 aromatic heterocycles. The number of nitrogens with one attached hydrogen (secondary N) is 1. The van der Waals surface area contributed by atoms with Crippen LogP contribution in [-0.2, 0) is 13.1 Å². The zero-order valence-electron chi connectivity index (χ0n) is 7.82. The average Bonchev–Trinajstić information content (AvgIpc) is 2.75. The molecule has 3 rings (SSSR count). The van der Waals surface area contributed by atoms with E-state index in [0.29, 0.717) is 6.01 Å². The van der Waals surface area contributed by atoms with Crippen LogP contribution >= 0.6 is 0 Å². The molecule has 0 atom stereocenters. The monoisotopic (exact) mass is 190 g/mol. The largest absolute Gasteiger partial charge is 0.430 e. The first kappa shape index (κ1) is 7.75. The van der Waals surface area contributed by atoms with Gasteiger partial charge in [0.05, 0.1) is 11.4 Å². The van der Waals surface area contributed by atoms with E-state index in [1.165, 1.54) is 5.56 Å². The maximum Gasteiger partial charge on any atom is 0.322 e. The SMILES string of the molecule is Cc1coc(-n2cc3c(n2)CNC3)n1. The fourth-order valence-electron chi connectivity index (χ4n) is 1.60. The van der Waals surface area contributed by atoms with Gasteiger partial charge in [0.25, 0.3) is 0 Å². The van der Waals surface area contributed by atoms with Gasteiger partial charge in [0.1, 0.15) is 6.26 Å². The van der Waals surface area contributed by atoms with Gasteiger partial charge >= 0.3 is 6.01 Å². The van der Waals surface area contributed by atoms with E-state index in [2.05, 4.69) is 15.4 Å². The Bertz CT molecular complexity index is 449. The predicted molar refractivity (Wildman–Crippen MR) is 48.9 cm³/mol. The van der Waals surface area contributed by atoms with Crippen molar-refractivity contribution < 1.29 is 4.42 Å². The number of aryl methyl sites for hydroxylation is 1. The van der Waals surface area contributed by atoms with Crippen molar-refractivity contribution in [3.8, 4) is 6.01 Å². The number of fused-ring (bicyclic) bond motifs is 1. The summed E-state index contributed by atoms with van der Waals surface area (Å²) in [7, 11) is 0. The highest BCUT2D eigenvalue weighted by Crippen LogP contribution is 2.15. The molecule has 0 amide bonds. The Hall–Kier alpha value is -1.62. The molecule has 3 heterocycles. The van der Waals surface area contributed by atoms with Crippen molar-refractivity contribution in [3.05, 3.63) is 29.4 Å². The number of oxazole rings is 1. The van der Waals surface area contributed by atoms with Crippen molar-refractivity contribution in [1.29, 1.82) is 0 Å². The molecule has 14 heavy (non-hydrogen) atoms. The van der Waals surface area contributed by atoms with E-state index in [1.54, 1.807) is 10.9 Å². The molecule has 2 aromatic rings. The summed E-state index contributed by atoms with van der Waals surface area (Å²) in [6.45, 7) is 3.61. The summed E-state index contributed by atoms with van der Waals surface area (Å²) >= 11 is 0. The fraction of sp³-hybridized carbons (Fsp3) is 0.333. The Kier molecular flexibility index (Phi) is 1.49. The van der Waals surface area contributed by atoms with Crippen LogP contribution in [0.5, 0.6) is 0 Å². The van der Waals surface area contributed by atoms with Crippen LogP contribution in [0.3, 0.4) is 0 Å². The van der Waals surface area contributed by atoms with E-state index in [1.807, 2.05) is 13.1 Å². The maximum atomic E-state index is 5.26. The second kappa shape index (κ2) is 2.68. The zero-order valence-corrected chi connectivity index (χ0v) is 7.82. The van der Waals surface area contributed by atoms with Crippen LogP contribution in [0.15, 0.2) is 16.9 Å². The summed E-state index contributed by atoms with van der Waals surface area (Å²) in [5, 5.41) is 7.60. The first-order valence-electron chi connectivity index (χ1n) is 4.53. The molecule has 0 saturated heterocycles. The maximum absolute atomic E-state index is 5.26. The molecule has 0 aromatic carbocycles. The van der Waals surface area contributed by atoms with Gasteiger partial charge in [0, 0.05) is 24.8 Å². The molecule has 0 fully saturated rings. The van der Waals surface area contributed by atoms with Gasteiger partial charge < -0.3 is 9.73 Å². The van der Waals surface area contributed by atoms with Gasteiger partial charge in [-0.15, -0.1) is 0 Å². The zero-order chi connectivity index (χ0) is 9.54. The second-order valence-electron chi connectivity index (χ2n) is 3.42. The summed E-state index contributed by atoms with van der Waals surface area (Å²) in [6, 6.07) is 0.539.